The first-order chi connectivity index (χ1) is 9.85. The second-order valence-corrected chi connectivity index (χ2v) is 7.32. The Labute approximate surface area is 132 Å². The lowest BCUT2D eigenvalue weighted by Gasteiger charge is -2.09. The minimum atomic E-state index is -4.09. The number of nitrogens with one attached hydrogen (secondary N) is 1. The second kappa shape index (κ2) is 6.12. The van der Waals surface area contributed by atoms with Gasteiger partial charge in [0, 0.05) is 4.47 Å². The maximum atomic E-state index is 13.7. The van der Waals surface area contributed by atoms with E-state index in [1.54, 1.807) is 0 Å². The van der Waals surface area contributed by atoms with Gasteiger partial charge in [-0.1, -0.05) is 15.9 Å². The summed E-state index contributed by atoms with van der Waals surface area (Å²) in [6, 6.07) is 5.17. The Bertz CT molecular complexity index is 788. The number of methoxy groups -OCH3 is 1. The summed E-state index contributed by atoms with van der Waals surface area (Å²) >= 11 is 4.01. The average Bonchev–Trinajstić information content (AvgIpc) is 2.91. The van der Waals surface area contributed by atoms with Crippen LogP contribution in [0.25, 0.3) is 0 Å². The van der Waals surface area contributed by atoms with Crippen molar-refractivity contribution in [2.75, 3.05) is 11.8 Å². The van der Waals surface area contributed by atoms with Crippen molar-refractivity contribution in [1.29, 1.82) is 0 Å². The third-order valence-electron chi connectivity index (χ3n) is 2.46. The van der Waals surface area contributed by atoms with E-state index in [9.17, 15) is 17.6 Å². The summed E-state index contributed by atoms with van der Waals surface area (Å²) < 4.78 is 45.3. The van der Waals surface area contributed by atoms with Crippen LogP contribution in [-0.4, -0.2) is 21.5 Å². The molecular formula is C12H9BrFNO4S2. The Morgan fingerprint density at radius 3 is 2.71 bits per heavy atom. The lowest BCUT2D eigenvalue weighted by atomic mass is 10.3. The summed E-state index contributed by atoms with van der Waals surface area (Å²) in [5, 5.41) is 1.44. The van der Waals surface area contributed by atoms with E-state index in [4.69, 9.17) is 0 Å². The van der Waals surface area contributed by atoms with E-state index in [1.165, 1.54) is 23.6 Å². The third kappa shape index (κ3) is 3.42. The predicted molar refractivity (Wildman–Crippen MR) is 80.6 cm³/mol. The van der Waals surface area contributed by atoms with E-state index < -0.39 is 21.8 Å². The van der Waals surface area contributed by atoms with E-state index in [1.807, 2.05) is 0 Å². The molecule has 0 atom stereocenters. The topological polar surface area (TPSA) is 72.5 Å². The number of carbonyl (C=O) groups excluding carboxylic acids is 1. The Morgan fingerprint density at radius 2 is 2.10 bits per heavy atom. The highest BCUT2D eigenvalue weighted by molar-refractivity contribution is 9.10. The van der Waals surface area contributed by atoms with Gasteiger partial charge in [0.2, 0.25) is 0 Å². The Balaban J connectivity index is 2.39. The minimum Gasteiger partial charge on any atom is -0.465 e. The van der Waals surface area contributed by atoms with Crippen LogP contribution in [0.1, 0.15) is 9.67 Å². The molecule has 1 N–H and O–H groups in total. The van der Waals surface area contributed by atoms with Crippen molar-refractivity contribution in [3.63, 3.8) is 0 Å². The van der Waals surface area contributed by atoms with Crippen LogP contribution in [0.15, 0.2) is 39.0 Å². The van der Waals surface area contributed by atoms with E-state index >= 15 is 0 Å². The van der Waals surface area contributed by atoms with Crippen molar-refractivity contribution in [2.24, 2.45) is 0 Å². The molecule has 0 bridgehead atoms. The van der Waals surface area contributed by atoms with Gasteiger partial charge in [-0.15, -0.1) is 11.3 Å². The van der Waals surface area contributed by atoms with E-state index in [0.29, 0.717) is 4.47 Å². The molecule has 1 heterocycles. The molecule has 0 aliphatic carbocycles. The number of hydrogen-bond donors (Lipinski definition) is 1. The number of anilines is 1. The molecule has 0 saturated carbocycles. The molecule has 9 heteroatoms. The monoisotopic (exact) mass is 393 g/mol. The number of ether oxygens (including phenoxy) is 1. The summed E-state index contributed by atoms with van der Waals surface area (Å²) in [7, 11) is -2.93. The average molecular weight is 394 g/mol. The van der Waals surface area contributed by atoms with Crippen LogP contribution in [-0.2, 0) is 14.8 Å². The molecular weight excluding hydrogens is 385 g/mol. The molecule has 0 amide bonds. The maximum absolute atomic E-state index is 13.7. The van der Waals surface area contributed by atoms with Gasteiger partial charge in [0.25, 0.3) is 10.0 Å². The van der Waals surface area contributed by atoms with E-state index in [-0.39, 0.29) is 15.5 Å². The number of carbonyl (C=O) groups is 1. The van der Waals surface area contributed by atoms with Crippen LogP contribution >= 0.6 is 27.3 Å². The predicted octanol–water partition coefficient (Wildman–Crippen LogP) is 3.24. The van der Waals surface area contributed by atoms with Gasteiger partial charge in [0.1, 0.15) is 15.6 Å². The molecule has 0 aliphatic heterocycles. The van der Waals surface area contributed by atoms with Gasteiger partial charge in [0.15, 0.2) is 0 Å². The van der Waals surface area contributed by atoms with E-state index in [0.717, 1.165) is 24.5 Å². The highest BCUT2D eigenvalue weighted by atomic mass is 79.9. The van der Waals surface area contributed by atoms with Crippen molar-refractivity contribution >= 4 is 48.9 Å². The smallest absolute Gasteiger partial charge is 0.349 e. The van der Waals surface area contributed by atoms with Gasteiger partial charge in [-0.2, -0.15) is 0 Å². The zero-order chi connectivity index (χ0) is 15.6. The van der Waals surface area contributed by atoms with Gasteiger partial charge in [-0.25, -0.2) is 17.6 Å². The molecule has 21 heavy (non-hydrogen) atoms. The van der Waals surface area contributed by atoms with Crippen LogP contribution in [0.5, 0.6) is 0 Å². The second-order valence-electron chi connectivity index (χ2n) is 3.84. The van der Waals surface area contributed by atoms with Crippen LogP contribution in [0.4, 0.5) is 10.1 Å². The molecule has 1 aromatic heterocycles. The van der Waals surface area contributed by atoms with Crippen LogP contribution < -0.4 is 4.72 Å². The van der Waals surface area contributed by atoms with Gasteiger partial charge in [0.05, 0.1) is 12.8 Å². The quantitative estimate of drug-likeness (QED) is 0.809. The summed E-state index contributed by atoms with van der Waals surface area (Å²) in [6.45, 7) is 0. The van der Waals surface area contributed by atoms with Gasteiger partial charge in [-0.3, -0.25) is 4.72 Å². The molecule has 0 fully saturated rings. The zero-order valence-corrected chi connectivity index (χ0v) is 13.8. The summed E-state index contributed by atoms with van der Waals surface area (Å²) in [6.07, 6.45) is 0. The van der Waals surface area contributed by atoms with Crippen LogP contribution in [0.2, 0.25) is 0 Å². The Kier molecular flexibility index (Phi) is 4.64. The fraction of sp³-hybridized carbons (Fsp3) is 0.0833. The molecule has 1 aromatic carbocycles. The first kappa shape index (κ1) is 15.9. The largest absolute Gasteiger partial charge is 0.465 e. The van der Waals surface area contributed by atoms with Crippen molar-refractivity contribution < 1.29 is 22.3 Å². The van der Waals surface area contributed by atoms with Crippen molar-refractivity contribution in [3.05, 3.63) is 44.8 Å². The molecule has 0 unspecified atom stereocenters. The fourth-order valence-electron chi connectivity index (χ4n) is 1.52. The summed E-state index contributed by atoms with van der Waals surface area (Å²) in [5.41, 5.74) is -0.208. The molecule has 112 valence electrons. The molecule has 2 rings (SSSR count). The Morgan fingerprint density at radius 1 is 1.38 bits per heavy atom. The third-order valence-corrected chi connectivity index (χ3v) is 5.39. The van der Waals surface area contributed by atoms with Gasteiger partial charge < -0.3 is 4.74 Å². The standard InChI is InChI=1S/C12H9BrFNO4S2/c1-19-12(16)11-10(4-5-20-11)21(17,18)15-9-3-2-7(13)6-8(9)14/h2-6,15H,1H3. The number of hydrogen-bond acceptors (Lipinski definition) is 5. The lowest BCUT2D eigenvalue weighted by molar-refractivity contribution is 0.0602. The van der Waals surface area contributed by atoms with Crippen LogP contribution in [0, 0.1) is 5.82 Å². The summed E-state index contributed by atoms with van der Waals surface area (Å²) in [5.74, 6) is -1.50. The number of esters is 1. The normalized spacial score (nSPS) is 11.2. The highest BCUT2D eigenvalue weighted by Crippen LogP contribution is 2.27. The van der Waals surface area contributed by atoms with Crippen molar-refractivity contribution in [3.8, 4) is 0 Å². The number of benzene rings is 1. The molecule has 5 nitrogen and oxygen atoms in total. The first-order valence-corrected chi connectivity index (χ1v) is 8.64. The number of sulfonamides is 1. The number of thiophene rings is 1. The molecule has 0 saturated heterocycles. The van der Waals surface area contributed by atoms with Crippen molar-refractivity contribution in [2.45, 2.75) is 4.90 Å². The molecule has 2 aromatic rings. The fourth-order valence-corrected chi connectivity index (χ4v) is 4.26. The molecule has 0 aliphatic rings. The number of rotatable bonds is 4. The lowest BCUT2D eigenvalue weighted by Crippen LogP contribution is -2.16. The van der Waals surface area contributed by atoms with E-state index in [2.05, 4.69) is 25.4 Å². The van der Waals surface area contributed by atoms with Gasteiger partial charge >= 0.3 is 5.97 Å². The molecule has 0 spiro atoms. The van der Waals surface area contributed by atoms with Crippen molar-refractivity contribution in [1.82, 2.24) is 0 Å². The Hall–Kier alpha value is -1.45. The zero-order valence-electron chi connectivity index (χ0n) is 10.6. The van der Waals surface area contributed by atoms with Gasteiger partial charge in [-0.05, 0) is 29.6 Å². The number of halogens is 2. The first-order valence-electron chi connectivity index (χ1n) is 5.49. The SMILES string of the molecule is COC(=O)c1sccc1S(=O)(=O)Nc1ccc(Br)cc1F. The molecule has 0 radical (unpaired) electrons. The summed E-state index contributed by atoms with van der Waals surface area (Å²) in [4.78, 5) is 11.2. The maximum Gasteiger partial charge on any atom is 0.349 e. The highest BCUT2D eigenvalue weighted by Gasteiger charge is 2.25. The van der Waals surface area contributed by atoms with Crippen LogP contribution in [0.3, 0.4) is 0 Å². The minimum absolute atomic E-state index is 0.0671.